The summed E-state index contributed by atoms with van der Waals surface area (Å²) in [4.78, 5) is 57.1. The van der Waals surface area contributed by atoms with Crippen molar-refractivity contribution in [3.05, 3.63) is 47.8 Å². The van der Waals surface area contributed by atoms with Crippen molar-refractivity contribution in [2.45, 2.75) is 90.6 Å². The van der Waals surface area contributed by atoms with Crippen LogP contribution in [-0.2, 0) is 20.9 Å². The Kier molecular flexibility index (Phi) is 12.1. The number of benzene rings is 1. The van der Waals surface area contributed by atoms with Gasteiger partial charge in [0.15, 0.2) is 5.78 Å². The molecule has 0 bridgehead atoms. The van der Waals surface area contributed by atoms with Gasteiger partial charge in [-0.15, -0.1) is 0 Å². The molecule has 2 N–H and O–H groups in total. The van der Waals surface area contributed by atoms with E-state index in [1.54, 1.807) is 23.9 Å². The molecule has 0 spiro atoms. The van der Waals surface area contributed by atoms with Gasteiger partial charge >= 0.3 is 0 Å². The van der Waals surface area contributed by atoms with E-state index in [1.807, 2.05) is 50.1 Å². The molecule has 1 aliphatic carbocycles. The molecule has 2 aliphatic rings. The van der Waals surface area contributed by atoms with E-state index < -0.39 is 12.0 Å². The largest absolute Gasteiger partial charge is 0.344 e. The van der Waals surface area contributed by atoms with Crippen LogP contribution in [0.25, 0.3) is 0 Å². The predicted molar refractivity (Wildman–Crippen MR) is 171 cm³/mol. The van der Waals surface area contributed by atoms with Crippen molar-refractivity contribution in [3.8, 4) is 0 Å². The van der Waals surface area contributed by atoms with Crippen LogP contribution in [0.15, 0.2) is 36.5 Å². The molecule has 1 saturated heterocycles. The highest BCUT2D eigenvalue weighted by molar-refractivity contribution is 6.00. The Morgan fingerprint density at radius 2 is 1.59 bits per heavy atom. The number of rotatable bonds is 12. The van der Waals surface area contributed by atoms with Crippen LogP contribution in [0.2, 0.25) is 0 Å². The number of hydrogen-bond donors (Lipinski definition) is 2. The molecule has 1 aliphatic heterocycles. The number of aryl methyl sites for hydroxylation is 1. The Balaban J connectivity index is 1.48. The SMILES string of the molecule is CCC(=O)N[C@@H](C(=O)N1CCN(C)CC1)[C@@H](C)c1ccc(NC(=O)[C@@H](CC(=O)c2ccnn2CC)C2CCCCCC2)cc1. The molecule has 10 nitrogen and oxygen atoms in total. The summed E-state index contributed by atoms with van der Waals surface area (Å²) in [6.45, 7) is 9.17. The van der Waals surface area contributed by atoms with Gasteiger partial charge in [-0.05, 0) is 56.5 Å². The smallest absolute Gasteiger partial charge is 0.245 e. The highest BCUT2D eigenvalue weighted by atomic mass is 16.2. The van der Waals surface area contributed by atoms with Gasteiger partial charge in [-0.1, -0.05) is 51.7 Å². The molecular weight excluding hydrogens is 556 g/mol. The lowest BCUT2D eigenvalue weighted by Gasteiger charge is -2.36. The molecule has 0 unspecified atom stereocenters. The van der Waals surface area contributed by atoms with Crippen LogP contribution in [0, 0.1) is 11.8 Å². The summed E-state index contributed by atoms with van der Waals surface area (Å²) in [7, 11) is 2.04. The predicted octanol–water partition coefficient (Wildman–Crippen LogP) is 4.47. The van der Waals surface area contributed by atoms with Crippen molar-refractivity contribution in [2.24, 2.45) is 11.8 Å². The van der Waals surface area contributed by atoms with Gasteiger partial charge in [-0.25, -0.2) is 0 Å². The lowest BCUT2D eigenvalue weighted by atomic mass is 9.81. The van der Waals surface area contributed by atoms with E-state index in [9.17, 15) is 19.2 Å². The molecule has 44 heavy (non-hydrogen) atoms. The number of aromatic nitrogens is 2. The standard InChI is InChI=1S/C34H50N6O4/c1-5-31(42)37-32(34(44)39-21-19-38(4)20-22-39)24(3)25-13-15-27(16-14-25)36-33(43)28(26-11-9-7-8-10-12-26)23-30(41)29-17-18-35-40(29)6-2/h13-18,24,26,28,32H,5-12,19-23H2,1-4H3,(H,36,43)(H,37,42)/t24-,28-,32+/m0/s1. The molecule has 2 fully saturated rings. The van der Waals surface area contributed by atoms with E-state index in [2.05, 4.69) is 20.6 Å². The number of hydrogen-bond acceptors (Lipinski definition) is 6. The van der Waals surface area contributed by atoms with Crippen molar-refractivity contribution in [2.75, 3.05) is 38.5 Å². The number of likely N-dealkylation sites (N-methyl/N-ethyl adjacent to an activating group) is 1. The minimum atomic E-state index is -0.673. The fourth-order valence-electron chi connectivity index (χ4n) is 6.51. The fourth-order valence-corrected chi connectivity index (χ4v) is 6.51. The number of carbonyl (C=O) groups is 4. The highest BCUT2D eigenvalue weighted by Gasteiger charge is 2.34. The zero-order valence-corrected chi connectivity index (χ0v) is 26.9. The number of carbonyl (C=O) groups excluding carboxylic acids is 4. The lowest BCUT2D eigenvalue weighted by molar-refractivity contribution is -0.138. The Morgan fingerprint density at radius 3 is 2.20 bits per heavy atom. The summed E-state index contributed by atoms with van der Waals surface area (Å²) in [5.41, 5.74) is 2.10. The van der Waals surface area contributed by atoms with Crippen molar-refractivity contribution in [1.29, 1.82) is 0 Å². The molecule has 3 amide bonds. The van der Waals surface area contributed by atoms with Gasteiger partial charge in [0.1, 0.15) is 11.7 Å². The third-order valence-electron chi connectivity index (χ3n) is 9.44. The summed E-state index contributed by atoms with van der Waals surface area (Å²) in [5, 5.41) is 10.3. The monoisotopic (exact) mass is 606 g/mol. The van der Waals surface area contributed by atoms with Gasteiger partial charge in [0.05, 0.1) is 0 Å². The first-order valence-corrected chi connectivity index (χ1v) is 16.4. The highest BCUT2D eigenvalue weighted by Crippen LogP contribution is 2.33. The number of anilines is 1. The van der Waals surface area contributed by atoms with Gasteiger partial charge in [-0.2, -0.15) is 5.10 Å². The number of piperazine rings is 1. The maximum absolute atomic E-state index is 13.8. The van der Waals surface area contributed by atoms with Crippen molar-refractivity contribution >= 4 is 29.2 Å². The topological polar surface area (TPSA) is 117 Å². The van der Waals surface area contributed by atoms with E-state index in [4.69, 9.17) is 0 Å². The van der Waals surface area contributed by atoms with Crippen LogP contribution < -0.4 is 10.6 Å². The summed E-state index contributed by atoms with van der Waals surface area (Å²) >= 11 is 0. The van der Waals surface area contributed by atoms with Gasteiger partial charge in [0, 0.05) is 69.3 Å². The molecule has 3 atom stereocenters. The minimum absolute atomic E-state index is 0.0527. The Bertz CT molecular complexity index is 1260. The van der Waals surface area contributed by atoms with E-state index in [1.165, 1.54) is 0 Å². The molecule has 4 rings (SSSR count). The van der Waals surface area contributed by atoms with Crippen LogP contribution in [0.3, 0.4) is 0 Å². The zero-order valence-electron chi connectivity index (χ0n) is 26.9. The first kappa shape index (κ1) is 33.4. The van der Waals surface area contributed by atoms with Gasteiger partial charge < -0.3 is 20.4 Å². The average molecular weight is 607 g/mol. The molecular formula is C34H50N6O4. The summed E-state index contributed by atoms with van der Waals surface area (Å²) < 4.78 is 1.69. The van der Waals surface area contributed by atoms with E-state index in [0.29, 0.717) is 37.4 Å². The second-order valence-corrected chi connectivity index (χ2v) is 12.4. The van der Waals surface area contributed by atoms with Gasteiger partial charge in [-0.3, -0.25) is 23.9 Å². The first-order chi connectivity index (χ1) is 21.2. The van der Waals surface area contributed by atoms with Crippen LogP contribution in [0.1, 0.15) is 94.1 Å². The quantitative estimate of drug-likeness (QED) is 0.272. The normalized spacial score (nSPS) is 18.6. The summed E-state index contributed by atoms with van der Waals surface area (Å²) in [6, 6.07) is 8.58. The summed E-state index contributed by atoms with van der Waals surface area (Å²) in [5.74, 6) is -0.937. The Morgan fingerprint density at radius 1 is 0.932 bits per heavy atom. The molecule has 240 valence electrons. The average Bonchev–Trinajstić information content (AvgIpc) is 3.36. The van der Waals surface area contributed by atoms with Crippen molar-refractivity contribution in [1.82, 2.24) is 24.9 Å². The lowest BCUT2D eigenvalue weighted by Crippen LogP contribution is -2.55. The number of ketones is 1. The first-order valence-electron chi connectivity index (χ1n) is 16.4. The molecule has 1 saturated carbocycles. The number of amides is 3. The molecule has 0 radical (unpaired) electrons. The van der Waals surface area contributed by atoms with E-state index in [-0.39, 0.29) is 41.8 Å². The van der Waals surface area contributed by atoms with Gasteiger partial charge in [0.2, 0.25) is 17.7 Å². The molecule has 10 heteroatoms. The van der Waals surface area contributed by atoms with E-state index >= 15 is 0 Å². The minimum Gasteiger partial charge on any atom is -0.344 e. The van der Waals surface area contributed by atoms with Crippen molar-refractivity contribution < 1.29 is 19.2 Å². The molecule has 1 aromatic carbocycles. The maximum atomic E-state index is 13.8. The van der Waals surface area contributed by atoms with Crippen LogP contribution in [0.5, 0.6) is 0 Å². The number of Topliss-reactive ketones (excluding diaryl/α,β-unsaturated/α-hetero) is 1. The number of nitrogens with zero attached hydrogens (tertiary/aromatic N) is 4. The van der Waals surface area contributed by atoms with E-state index in [0.717, 1.165) is 57.2 Å². The van der Waals surface area contributed by atoms with Crippen molar-refractivity contribution in [3.63, 3.8) is 0 Å². The molecule has 2 aromatic rings. The second-order valence-electron chi connectivity index (χ2n) is 12.4. The Labute approximate surface area is 261 Å². The van der Waals surface area contributed by atoms with Crippen LogP contribution in [-0.4, -0.2) is 82.4 Å². The number of nitrogens with one attached hydrogen (secondary N) is 2. The fraction of sp³-hybridized carbons (Fsp3) is 0.618. The second kappa shape index (κ2) is 16.0. The molecule has 1 aromatic heterocycles. The molecule has 2 heterocycles. The van der Waals surface area contributed by atoms with Crippen LogP contribution in [0.4, 0.5) is 5.69 Å². The third-order valence-corrected chi connectivity index (χ3v) is 9.44. The third kappa shape index (κ3) is 8.55. The zero-order chi connectivity index (χ0) is 31.6. The van der Waals surface area contributed by atoms with Crippen LogP contribution >= 0.6 is 0 Å². The van der Waals surface area contributed by atoms with Gasteiger partial charge in [0.25, 0.3) is 0 Å². The summed E-state index contributed by atoms with van der Waals surface area (Å²) in [6.07, 6.45) is 8.46. The Hall–Kier alpha value is -3.53. The maximum Gasteiger partial charge on any atom is 0.245 e.